The summed E-state index contributed by atoms with van der Waals surface area (Å²) in [6.07, 6.45) is 2.89. The second-order valence-corrected chi connectivity index (χ2v) is 7.47. The van der Waals surface area contributed by atoms with Crippen molar-refractivity contribution in [2.24, 2.45) is 0 Å². The summed E-state index contributed by atoms with van der Waals surface area (Å²) < 4.78 is 16.6. The maximum atomic E-state index is 11.9. The van der Waals surface area contributed by atoms with Crippen LogP contribution in [0.1, 0.15) is 30.9 Å². The van der Waals surface area contributed by atoms with E-state index in [0.717, 1.165) is 15.6 Å². The molecule has 0 aromatic heterocycles. The van der Waals surface area contributed by atoms with Gasteiger partial charge >= 0.3 is 0 Å². The Kier molecular flexibility index (Phi) is 8.73. The van der Waals surface area contributed by atoms with Gasteiger partial charge in [-0.3, -0.25) is 20.4 Å². The molecule has 0 bridgehead atoms. The second-order valence-electron chi connectivity index (χ2n) is 6.62. The van der Waals surface area contributed by atoms with E-state index in [1.807, 2.05) is 12.1 Å². The van der Waals surface area contributed by atoms with Gasteiger partial charge in [-0.25, -0.2) is 0 Å². The number of hydrogen-bond acceptors (Lipinski definition) is 5. The molecule has 0 heterocycles. The number of hydrogen-bond donors (Lipinski definition) is 2. The summed E-state index contributed by atoms with van der Waals surface area (Å²) >= 11 is 3.44. The number of nitrogens with one attached hydrogen (secondary N) is 2. The molecule has 160 valence electrons. The topological polar surface area (TPSA) is 85.9 Å². The third-order valence-electron chi connectivity index (χ3n) is 4.14. The molecule has 0 saturated heterocycles. The second kappa shape index (κ2) is 11.3. The number of carbonyl (C=O) groups excluding carboxylic acids is 2. The quantitative estimate of drug-likeness (QED) is 0.446. The Hall–Kier alpha value is -3.00. The zero-order valence-corrected chi connectivity index (χ0v) is 18.9. The number of ether oxygens (including phenoxy) is 3. The first-order chi connectivity index (χ1) is 14.3. The van der Waals surface area contributed by atoms with Gasteiger partial charge < -0.3 is 14.2 Å². The van der Waals surface area contributed by atoms with Gasteiger partial charge in [0.1, 0.15) is 5.75 Å². The lowest BCUT2D eigenvalue weighted by atomic mass is 10.0. The highest BCUT2D eigenvalue weighted by Gasteiger charge is 2.09. The minimum absolute atomic E-state index is 0.237. The molecule has 0 spiro atoms. The first kappa shape index (κ1) is 23.3. The van der Waals surface area contributed by atoms with Crippen LogP contribution in [0.3, 0.4) is 0 Å². The molecule has 2 amide bonds. The van der Waals surface area contributed by atoms with E-state index in [-0.39, 0.29) is 6.61 Å². The number of hydrazine groups is 1. The molecular formula is C22H25BrN2O5. The van der Waals surface area contributed by atoms with Crippen molar-refractivity contribution in [1.29, 1.82) is 0 Å². The molecule has 0 fully saturated rings. The maximum Gasteiger partial charge on any atom is 0.276 e. The Morgan fingerprint density at radius 3 is 2.33 bits per heavy atom. The number of rotatable bonds is 8. The Bertz CT molecular complexity index is 928. The van der Waals surface area contributed by atoms with Gasteiger partial charge in [-0.05, 0) is 63.3 Å². The summed E-state index contributed by atoms with van der Waals surface area (Å²) in [7, 11) is 3.08. The van der Waals surface area contributed by atoms with Gasteiger partial charge in [0.2, 0.25) is 0 Å². The molecule has 8 heteroatoms. The van der Waals surface area contributed by atoms with Crippen molar-refractivity contribution in [1.82, 2.24) is 10.9 Å². The molecule has 30 heavy (non-hydrogen) atoms. The van der Waals surface area contributed by atoms with Crippen molar-refractivity contribution >= 4 is 33.8 Å². The number of amides is 2. The van der Waals surface area contributed by atoms with Crippen LogP contribution in [0.25, 0.3) is 6.08 Å². The molecule has 2 rings (SSSR count). The standard InChI is InChI=1S/C22H25BrN2O5/c1-14(2)16-7-9-18(17(23)12-16)30-13-22(27)25-24-21(26)10-6-15-5-8-19(28-3)20(11-15)29-4/h5-12,14H,13H2,1-4H3,(H,24,26)(H,25,27)/b10-6+. The summed E-state index contributed by atoms with van der Waals surface area (Å²) in [4.78, 5) is 23.8. The summed E-state index contributed by atoms with van der Waals surface area (Å²) in [5.74, 6) is 1.12. The largest absolute Gasteiger partial charge is 0.493 e. The van der Waals surface area contributed by atoms with Crippen LogP contribution in [0, 0.1) is 0 Å². The molecule has 0 saturated carbocycles. The number of methoxy groups -OCH3 is 2. The van der Waals surface area contributed by atoms with E-state index in [1.54, 1.807) is 37.5 Å². The zero-order chi connectivity index (χ0) is 22.1. The fourth-order valence-electron chi connectivity index (χ4n) is 2.47. The van der Waals surface area contributed by atoms with E-state index >= 15 is 0 Å². The molecule has 0 radical (unpaired) electrons. The fraction of sp³-hybridized carbons (Fsp3) is 0.273. The maximum absolute atomic E-state index is 11.9. The minimum atomic E-state index is -0.486. The van der Waals surface area contributed by atoms with E-state index < -0.39 is 11.8 Å². The third kappa shape index (κ3) is 6.81. The average Bonchev–Trinajstić information content (AvgIpc) is 2.74. The summed E-state index contributed by atoms with van der Waals surface area (Å²) in [5.41, 5.74) is 6.51. The van der Waals surface area contributed by atoms with Crippen molar-refractivity contribution in [2.75, 3.05) is 20.8 Å². The molecule has 7 nitrogen and oxygen atoms in total. The van der Waals surface area contributed by atoms with Crippen LogP contribution in [0.15, 0.2) is 46.9 Å². The third-order valence-corrected chi connectivity index (χ3v) is 4.76. The van der Waals surface area contributed by atoms with E-state index in [4.69, 9.17) is 14.2 Å². The first-order valence-electron chi connectivity index (χ1n) is 9.25. The molecule has 0 aliphatic rings. The van der Waals surface area contributed by atoms with Crippen molar-refractivity contribution in [3.63, 3.8) is 0 Å². The lowest BCUT2D eigenvalue weighted by Crippen LogP contribution is -2.43. The minimum Gasteiger partial charge on any atom is -0.493 e. The van der Waals surface area contributed by atoms with Crippen molar-refractivity contribution in [2.45, 2.75) is 19.8 Å². The van der Waals surface area contributed by atoms with Gasteiger partial charge in [0.25, 0.3) is 11.8 Å². The smallest absolute Gasteiger partial charge is 0.276 e. The highest BCUT2D eigenvalue weighted by Crippen LogP contribution is 2.29. The van der Waals surface area contributed by atoms with Crippen LogP contribution in [0.4, 0.5) is 0 Å². The molecule has 2 N–H and O–H groups in total. The van der Waals surface area contributed by atoms with Crippen molar-refractivity contribution in [3.8, 4) is 17.2 Å². The lowest BCUT2D eigenvalue weighted by Gasteiger charge is -2.11. The van der Waals surface area contributed by atoms with E-state index in [2.05, 4.69) is 40.6 Å². The van der Waals surface area contributed by atoms with Crippen LogP contribution in [0.2, 0.25) is 0 Å². The lowest BCUT2D eigenvalue weighted by molar-refractivity contribution is -0.128. The van der Waals surface area contributed by atoms with Gasteiger partial charge in [0.15, 0.2) is 18.1 Å². The predicted octanol–water partition coefficient (Wildman–Crippen LogP) is 3.83. The molecule has 0 aliphatic carbocycles. The Balaban J connectivity index is 1.82. The summed E-state index contributed by atoms with van der Waals surface area (Å²) in [6, 6.07) is 11.0. The number of carbonyl (C=O) groups is 2. The van der Waals surface area contributed by atoms with E-state index in [9.17, 15) is 9.59 Å². The molecule has 0 atom stereocenters. The highest BCUT2D eigenvalue weighted by atomic mass is 79.9. The normalized spacial score (nSPS) is 10.7. The molecule has 2 aromatic rings. The van der Waals surface area contributed by atoms with E-state index in [1.165, 1.54) is 13.2 Å². The molecule has 0 unspecified atom stereocenters. The van der Waals surface area contributed by atoms with Gasteiger partial charge in [-0.15, -0.1) is 0 Å². The monoisotopic (exact) mass is 476 g/mol. The molecule has 2 aromatic carbocycles. The summed E-state index contributed by atoms with van der Waals surface area (Å²) in [6.45, 7) is 3.95. The predicted molar refractivity (Wildman–Crippen MR) is 119 cm³/mol. The first-order valence-corrected chi connectivity index (χ1v) is 10.0. The molecule has 0 aliphatic heterocycles. The van der Waals surface area contributed by atoms with E-state index in [0.29, 0.717) is 23.2 Å². The van der Waals surface area contributed by atoms with Gasteiger partial charge in [-0.1, -0.05) is 26.0 Å². The highest BCUT2D eigenvalue weighted by molar-refractivity contribution is 9.10. The van der Waals surface area contributed by atoms with Gasteiger partial charge in [0.05, 0.1) is 18.7 Å². The fourth-order valence-corrected chi connectivity index (χ4v) is 2.98. The zero-order valence-electron chi connectivity index (χ0n) is 17.3. The van der Waals surface area contributed by atoms with Crippen molar-refractivity contribution in [3.05, 3.63) is 58.1 Å². The van der Waals surface area contributed by atoms with Crippen LogP contribution in [0.5, 0.6) is 17.2 Å². The van der Waals surface area contributed by atoms with Crippen LogP contribution >= 0.6 is 15.9 Å². The van der Waals surface area contributed by atoms with Crippen LogP contribution in [-0.2, 0) is 9.59 Å². The van der Waals surface area contributed by atoms with Crippen molar-refractivity contribution < 1.29 is 23.8 Å². The van der Waals surface area contributed by atoms with Gasteiger partial charge in [-0.2, -0.15) is 0 Å². The summed E-state index contributed by atoms with van der Waals surface area (Å²) in [5, 5.41) is 0. The Morgan fingerprint density at radius 2 is 1.70 bits per heavy atom. The number of benzene rings is 2. The molecular weight excluding hydrogens is 452 g/mol. The Labute approximate surface area is 184 Å². The number of halogens is 1. The average molecular weight is 477 g/mol. The SMILES string of the molecule is COc1ccc(/C=C/C(=O)NNC(=O)COc2ccc(C(C)C)cc2Br)cc1OC. The Morgan fingerprint density at radius 1 is 1.00 bits per heavy atom. The van der Waals surface area contributed by atoms with Crippen LogP contribution in [-0.4, -0.2) is 32.6 Å². The van der Waals surface area contributed by atoms with Gasteiger partial charge in [0, 0.05) is 6.08 Å². The van der Waals surface area contributed by atoms with Crippen LogP contribution < -0.4 is 25.1 Å².